The van der Waals surface area contributed by atoms with Gasteiger partial charge in [-0.3, -0.25) is 4.79 Å². The van der Waals surface area contributed by atoms with Gasteiger partial charge in [-0.15, -0.1) is 11.3 Å². The van der Waals surface area contributed by atoms with Crippen LogP contribution in [0.4, 0.5) is 0 Å². The van der Waals surface area contributed by atoms with E-state index in [9.17, 15) is 4.79 Å². The maximum atomic E-state index is 12.2. The summed E-state index contributed by atoms with van der Waals surface area (Å²) in [6, 6.07) is 8.15. The number of nitrogens with zero attached hydrogens (tertiary/aromatic N) is 2. The molecule has 4 nitrogen and oxygen atoms in total. The molecule has 22 heavy (non-hydrogen) atoms. The maximum Gasteiger partial charge on any atom is 0.222 e. The molecule has 2 N–H and O–H groups in total. The zero-order valence-corrected chi connectivity index (χ0v) is 14.4. The van der Waals surface area contributed by atoms with E-state index in [0.717, 1.165) is 23.4 Å². The summed E-state index contributed by atoms with van der Waals surface area (Å²) in [5.41, 5.74) is 6.74. The van der Waals surface area contributed by atoms with Crippen molar-refractivity contribution in [3.05, 3.63) is 29.3 Å². The summed E-state index contributed by atoms with van der Waals surface area (Å²) in [6.07, 6.45) is 2.26. The summed E-state index contributed by atoms with van der Waals surface area (Å²) >= 11 is 1.72. The zero-order chi connectivity index (χ0) is 16.2. The maximum absolute atomic E-state index is 12.2. The van der Waals surface area contributed by atoms with Crippen molar-refractivity contribution in [1.82, 2.24) is 9.88 Å². The van der Waals surface area contributed by atoms with Gasteiger partial charge in [-0.05, 0) is 36.9 Å². The fourth-order valence-corrected chi connectivity index (χ4v) is 3.41. The van der Waals surface area contributed by atoms with Crippen LogP contribution in [0.3, 0.4) is 0 Å². The molecule has 1 amide bonds. The van der Waals surface area contributed by atoms with E-state index in [1.165, 1.54) is 4.70 Å². The highest BCUT2D eigenvalue weighted by atomic mass is 32.1. The summed E-state index contributed by atoms with van der Waals surface area (Å²) in [5, 5.41) is 1.11. The lowest BCUT2D eigenvalue weighted by Gasteiger charge is -2.29. The Morgan fingerprint density at radius 3 is 2.77 bits per heavy atom. The number of amides is 1. The molecule has 120 valence electrons. The Kier molecular flexibility index (Phi) is 5.53. The van der Waals surface area contributed by atoms with E-state index in [0.29, 0.717) is 19.5 Å². The second-order valence-corrected chi connectivity index (χ2v) is 7.66. The third-order valence-corrected chi connectivity index (χ3v) is 4.86. The average Bonchev–Trinajstić information content (AvgIpc) is 2.89. The van der Waals surface area contributed by atoms with Crippen molar-refractivity contribution < 1.29 is 4.79 Å². The Morgan fingerprint density at radius 1 is 1.36 bits per heavy atom. The van der Waals surface area contributed by atoms with Gasteiger partial charge in [0.1, 0.15) is 0 Å². The normalized spacial score (nSPS) is 11.8. The lowest BCUT2D eigenvalue weighted by atomic mass is 9.93. The first-order valence-corrected chi connectivity index (χ1v) is 8.51. The van der Waals surface area contributed by atoms with Gasteiger partial charge < -0.3 is 10.6 Å². The topological polar surface area (TPSA) is 59.2 Å². The fraction of sp³-hybridized carbons (Fsp3) is 0.529. The molecule has 1 aromatic heterocycles. The molecule has 0 bridgehead atoms. The van der Waals surface area contributed by atoms with Crippen LogP contribution in [0.1, 0.15) is 31.7 Å². The molecule has 2 rings (SSSR count). The molecule has 0 aliphatic rings. The van der Waals surface area contributed by atoms with E-state index >= 15 is 0 Å². The molecule has 0 spiro atoms. The van der Waals surface area contributed by atoms with Gasteiger partial charge in [-0.25, -0.2) is 4.98 Å². The van der Waals surface area contributed by atoms with Crippen LogP contribution < -0.4 is 5.73 Å². The number of carbonyl (C=O) groups excluding carboxylic acids is 1. The van der Waals surface area contributed by atoms with Crippen LogP contribution in [-0.4, -0.2) is 35.9 Å². The second kappa shape index (κ2) is 7.20. The molecule has 1 heterocycles. The first kappa shape index (κ1) is 16.9. The van der Waals surface area contributed by atoms with Crippen molar-refractivity contribution in [3.8, 4) is 0 Å². The van der Waals surface area contributed by atoms with Crippen molar-refractivity contribution in [2.75, 3.05) is 20.1 Å². The summed E-state index contributed by atoms with van der Waals surface area (Å²) in [7, 11) is 1.86. The Hall–Kier alpha value is -1.46. The Bertz CT molecular complexity index is 603. The highest BCUT2D eigenvalue weighted by molar-refractivity contribution is 7.18. The number of rotatable bonds is 7. The second-order valence-electron chi connectivity index (χ2n) is 6.55. The third kappa shape index (κ3) is 4.52. The number of hydrogen-bond acceptors (Lipinski definition) is 4. The summed E-state index contributed by atoms with van der Waals surface area (Å²) in [5.74, 6) is 0.183. The standard InChI is InChI=1S/C17H25N3OS/c1-17(2,11-18)12-20(3)16(21)10-6-9-15-19-13-7-4-5-8-14(13)22-15/h4-5,7-8H,6,9-12,18H2,1-3H3. The highest BCUT2D eigenvalue weighted by Gasteiger charge is 2.20. The largest absolute Gasteiger partial charge is 0.345 e. The van der Waals surface area contributed by atoms with Crippen molar-refractivity contribution in [2.45, 2.75) is 33.1 Å². The van der Waals surface area contributed by atoms with Gasteiger partial charge in [0.25, 0.3) is 0 Å². The molecule has 0 atom stereocenters. The molecule has 0 saturated carbocycles. The van der Waals surface area contributed by atoms with Gasteiger partial charge in [0, 0.05) is 20.0 Å². The van der Waals surface area contributed by atoms with Crippen molar-refractivity contribution >= 4 is 27.5 Å². The van der Waals surface area contributed by atoms with Crippen LogP contribution in [0.15, 0.2) is 24.3 Å². The van der Waals surface area contributed by atoms with Crippen LogP contribution in [0.2, 0.25) is 0 Å². The molecule has 0 fully saturated rings. The molecule has 2 aromatic rings. The first-order chi connectivity index (χ1) is 10.4. The van der Waals surface area contributed by atoms with Crippen LogP contribution in [0.25, 0.3) is 10.2 Å². The van der Waals surface area contributed by atoms with Crippen LogP contribution in [-0.2, 0) is 11.2 Å². The molecule has 0 radical (unpaired) electrons. The van der Waals surface area contributed by atoms with E-state index in [1.807, 2.05) is 25.2 Å². The predicted molar refractivity (Wildman–Crippen MR) is 93.0 cm³/mol. The van der Waals surface area contributed by atoms with Crippen molar-refractivity contribution in [1.29, 1.82) is 0 Å². The number of thiazole rings is 1. The number of para-hydroxylation sites is 1. The van der Waals surface area contributed by atoms with E-state index in [1.54, 1.807) is 16.2 Å². The van der Waals surface area contributed by atoms with Gasteiger partial charge in [0.15, 0.2) is 0 Å². The molecular formula is C17H25N3OS. The molecule has 0 unspecified atom stereocenters. The highest BCUT2D eigenvalue weighted by Crippen LogP contribution is 2.23. The van der Waals surface area contributed by atoms with Gasteiger partial charge in [0.2, 0.25) is 5.91 Å². The van der Waals surface area contributed by atoms with Crippen molar-refractivity contribution in [2.24, 2.45) is 11.1 Å². The fourth-order valence-electron chi connectivity index (χ4n) is 2.40. The number of aryl methyl sites for hydroxylation is 1. The van der Waals surface area contributed by atoms with E-state index in [4.69, 9.17) is 5.73 Å². The van der Waals surface area contributed by atoms with E-state index < -0.39 is 0 Å². The monoisotopic (exact) mass is 319 g/mol. The Labute approximate surface area is 136 Å². The molecular weight excluding hydrogens is 294 g/mol. The first-order valence-electron chi connectivity index (χ1n) is 7.70. The lowest BCUT2D eigenvalue weighted by molar-refractivity contribution is -0.131. The minimum absolute atomic E-state index is 0.0303. The average molecular weight is 319 g/mol. The molecule has 0 saturated heterocycles. The van der Waals surface area contributed by atoms with E-state index in [2.05, 4.69) is 24.9 Å². The smallest absolute Gasteiger partial charge is 0.222 e. The van der Waals surface area contributed by atoms with Crippen LogP contribution in [0, 0.1) is 5.41 Å². The summed E-state index contributed by atoms with van der Waals surface area (Å²) in [6.45, 7) is 5.44. The zero-order valence-electron chi connectivity index (χ0n) is 13.6. The summed E-state index contributed by atoms with van der Waals surface area (Å²) in [4.78, 5) is 18.6. The molecule has 1 aromatic carbocycles. The minimum atomic E-state index is -0.0303. The Balaban J connectivity index is 1.81. The van der Waals surface area contributed by atoms with Gasteiger partial charge in [-0.1, -0.05) is 26.0 Å². The lowest BCUT2D eigenvalue weighted by Crippen LogP contribution is -2.39. The number of nitrogens with two attached hydrogens (primary N) is 1. The van der Waals surface area contributed by atoms with Gasteiger partial charge >= 0.3 is 0 Å². The molecule has 0 aliphatic carbocycles. The summed E-state index contributed by atoms with van der Waals surface area (Å²) < 4.78 is 1.21. The number of aromatic nitrogens is 1. The van der Waals surface area contributed by atoms with Crippen LogP contribution >= 0.6 is 11.3 Å². The number of fused-ring (bicyclic) bond motifs is 1. The SMILES string of the molecule is CN(CC(C)(C)CN)C(=O)CCCc1nc2ccccc2s1. The molecule has 0 aliphatic heterocycles. The predicted octanol–water partition coefficient (Wildman–Crippen LogP) is 3.06. The number of hydrogen-bond donors (Lipinski definition) is 1. The number of carbonyl (C=O) groups is 1. The third-order valence-electron chi connectivity index (χ3n) is 3.76. The number of benzene rings is 1. The van der Waals surface area contributed by atoms with Gasteiger partial charge in [-0.2, -0.15) is 0 Å². The van der Waals surface area contributed by atoms with Crippen LogP contribution in [0.5, 0.6) is 0 Å². The Morgan fingerprint density at radius 2 is 2.09 bits per heavy atom. The quantitative estimate of drug-likeness (QED) is 0.853. The van der Waals surface area contributed by atoms with Crippen molar-refractivity contribution in [3.63, 3.8) is 0 Å². The molecule has 5 heteroatoms. The minimum Gasteiger partial charge on any atom is -0.345 e. The van der Waals surface area contributed by atoms with E-state index in [-0.39, 0.29) is 11.3 Å². The van der Waals surface area contributed by atoms with Gasteiger partial charge in [0.05, 0.1) is 15.2 Å².